The van der Waals surface area contributed by atoms with E-state index in [1.54, 1.807) is 0 Å². The molecule has 2 fully saturated rings. The average Bonchev–Trinajstić information content (AvgIpc) is 3.85. The lowest BCUT2D eigenvalue weighted by Crippen LogP contribution is -2.40. The summed E-state index contributed by atoms with van der Waals surface area (Å²) in [6.45, 7) is 5.07. The minimum Gasteiger partial charge on any atom is -0.300 e. The van der Waals surface area contributed by atoms with Crippen LogP contribution in [0.1, 0.15) is 31.2 Å². The Morgan fingerprint density at radius 2 is 1.54 bits per heavy atom. The molecule has 0 bridgehead atoms. The molecule has 206 valence electrons. The number of aryl methyl sites for hydroxylation is 1. The van der Waals surface area contributed by atoms with Crippen LogP contribution in [0.2, 0.25) is 5.02 Å². The Kier molecular flexibility index (Phi) is 6.98. The molecule has 1 atom stereocenters. The predicted octanol–water partition coefficient (Wildman–Crippen LogP) is 8.23. The molecule has 0 N–H and O–H groups in total. The second kappa shape index (κ2) is 10.9. The lowest BCUT2D eigenvalue weighted by Gasteiger charge is -2.33. The topological polar surface area (TPSA) is 38.1 Å². The summed E-state index contributed by atoms with van der Waals surface area (Å²) in [6.07, 6.45) is 4.97. The summed E-state index contributed by atoms with van der Waals surface area (Å²) in [5.41, 5.74) is 7.39. The van der Waals surface area contributed by atoms with Gasteiger partial charge in [-0.1, -0.05) is 78.3 Å². The third kappa shape index (κ3) is 5.35. The van der Waals surface area contributed by atoms with Gasteiger partial charge in [-0.2, -0.15) is 0 Å². The molecule has 41 heavy (non-hydrogen) atoms. The zero-order chi connectivity index (χ0) is 27.9. The van der Waals surface area contributed by atoms with E-state index in [0.29, 0.717) is 22.9 Å². The van der Waals surface area contributed by atoms with Gasteiger partial charge in [0.1, 0.15) is 5.82 Å². The van der Waals surface area contributed by atoms with Crippen LogP contribution >= 0.6 is 11.6 Å². The molecule has 2 aliphatic rings. The van der Waals surface area contributed by atoms with Gasteiger partial charge >= 0.3 is 0 Å². The van der Waals surface area contributed by atoms with Crippen molar-refractivity contribution < 1.29 is 0 Å². The van der Waals surface area contributed by atoms with Crippen molar-refractivity contribution in [3.05, 3.63) is 112 Å². The maximum atomic E-state index is 14.3. The Bertz CT molecular complexity index is 1770. The first-order chi connectivity index (χ1) is 20.0. The van der Waals surface area contributed by atoms with E-state index in [4.69, 9.17) is 16.6 Å². The number of halogens is 1. The molecule has 1 aromatic heterocycles. The molecule has 1 saturated carbocycles. The number of rotatable bonds is 6. The normalized spacial score (nSPS) is 17.7. The van der Waals surface area contributed by atoms with Gasteiger partial charge in [0.05, 0.1) is 10.9 Å². The fraction of sp³-hybridized carbons (Fsp3) is 0.278. The van der Waals surface area contributed by atoms with E-state index in [-0.39, 0.29) is 5.56 Å². The molecule has 1 saturated heterocycles. The van der Waals surface area contributed by atoms with Crippen molar-refractivity contribution in [2.75, 3.05) is 13.1 Å². The Morgan fingerprint density at radius 3 is 2.29 bits per heavy atom. The van der Waals surface area contributed by atoms with Gasteiger partial charge in [-0.25, -0.2) is 4.98 Å². The number of benzene rings is 4. The lowest BCUT2D eigenvalue weighted by atomic mass is 9.97. The molecule has 4 nitrogen and oxygen atoms in total. The molecular weight excluding hydrogens is 526 g/mol. The highest BCUT2D eigenvalue weighted by Gasteiger charge is 2.33. The number of aromatic nitrogens is 2. The van der Waals surface area contributed by atoms with Crippen LogP contribution < -0.4 is 5.56 Å². The molecule has 0 spiro atoms. The number of nitrogens with zero attached hydrogens (tertiary/aromatic N) is 3. The smallest absolute Gasteiger partial charge is 0.261 e. The van der Waals surface area contributed by atoms with Crippen molar-refractivity contribution >= 4 is 22.5 Å². The van der Waals surface area contributed by atoms with Crippen molar-refractivity contribution in [2.45, 2.75) is 45.2 Å². The number of likely N-dealkylation sites (tertiary alicyclic amines) is 1. The Balaban J connectivity index is 1.31. The van der Waals surface area contributed by atoms with Gasteiger partial charge in [0.2, 0.25) is 0 Å². The van der Waals surface area contributed by atoms with Crippen LogP contribution in [-0.2, 0) is 6.54 Å². The largest absolute Gasteiger partial charge is 0.300 e. The number of piperidine rings is 1. The van der Waals surface area contributed by atoms with Crippen molar-refractivity contribution in [1.82, 2.24) is 14.5 Å². The monoisotopic (exact) mass is 559 g/mol. The van der Waals surface area contributed by atoms with E-state index < -0.39 is 0 Å². The van der Waals surface area contributed by atoms with Crippen LogP contribution in [-0.4, -0.2) is 33.6 Å². The summed E-state index contributed by atoms with van der Waals surface area (Å²) in [5, 5.41) is 1.36. The SMILES string of the molecule is Cc1ccccc1-c1ccc(-c2nc3ccc(-c4ccc(Cl)cc4)cc3c(=O)n2C[C@H]2CCCN(C3CC3)C2)cc1. The van der Waals surface area contributed by atoms with E-state index in [2.05, 4.69) is 60.4 Å². The van der Waals surface area contributed by atoms with Gasteiger partial charge in [0.15, 0.2) is 0 Å². The Morgan fingerprint density at radius 1 is 0.829 bits per heavy atom. The van der Waals surface area contributed by atoms with Crippen molar-refractivity contribution in [2.24, 2.45) is 5.92 Å². The highest BCUT2D eigenvalue weighted by atomic mass is 35.5. The zero-order valence-electron chi connectivity index (χ0n) is 23.4. The van der Waals surface area contributed by atoms with Crippen LogP contribution in [0, 0.1) is 12.8 Å². The highest BCUT2D eigenvalue weighted by Crippen LogP contribution is 2.33. The fourth-order valence-electron chi connectivity index (χ4n) is 6.40. The minimum atomic E-state index is 0.0346. The average molecular weight is 560 g/mol. The first kappa shape index (κ1) is 26.2. The fourth-order valence-corrected chi connectivity index (χ4v) is 6.53. The van der Waals surface area contributed by atoms with E-state index in [9.17, 15) is 4.79 Å². The summed E-state index contributed by atoms with van der Waals surface area (Å²) in [5.74, 6) is 1.19. The number of hydrogen-bond acceptors (Lipinski definition) is 3. The molecule has 5 heteroatoms. The maximum Gasteiger partial charge on any atom is 0.261 e. The van der Waals surface area contributed by atoms with Gasteiger partial charge in [0.25, 0.3) is 5.56 Å². The quantitative estimate of drug-likeness (QED) is 0.210. The first-order valence-electron chi connectivity index (χ1n) is 14.7. The predicted molar refractivity (Wildman–Crippen MR) is 169 cm³/mol. The third-order valence-corrected chi connectivity index (χ3v) is 9.04. The van der Waals surface area contributed by atoms with Gasteiger partial charge in [-0.3, -0.25) is 9.36 Å². The molecule has 0 unspecified atom stereocenters. The third-order valence-electron chi connectivity index (χ3n) is 8.79. The number of fused-ring (bicyclic) bond motifs is 1. The van der Waals surface area contributed by atoms with Crippen LogP contribution in [0.4, 0.5) is 0 Å². The molecule has 2 heterocycles. The van der Waals surface area contributed by atoms with Gasteiger partial charge in [-0.15, -0.1) is 0 Å². The Labute approximate surface area is 246 Å². The summed E-state index contributed by atoms with van der Waals surface area (Å²) >= 11 is 6.13. The lowest BCUT2D eigenvalue weighted by molar-refractivity contribution is 0.154. The van der Waals surface area contributed by atoms with Crippen molar-refractivity contribution in [3.63, 3.8) is 0 Å². The summed E-state index contributed by atoms with van der Waals surface area (Å²) in [6, 6.07) is 31.5. The summed E-state index contributed by atoms with van der Waals surface area (Å²) in [7, 11) is 0. The number of hydrogen-bond donors (Lipinski definition) is 0. The summed E-state index contributed by atoms with van der Waals surface area (Å²) < 4.78 is 1.96. The molecule has 7 rings (SSSR count). The zero-order valence-corrected chi connectivity index (χ0v) is 24.1. The van der Waals surface area contributed by atoms with Crippen LogP contribution in [0.5, 0.6) is 0 Å². The molecule has 5 aromatic rings. The molecule has 0 amide bonds. The molecular formula is C36H34ClN3O. The Hall–Kier alpha value is -3.73. The van der Waals surface area contributed by atoms with E-state index in [0.717, 1.165) is 47.0 Å². The van der Waals surface area contributed by atoms with Crippen molar-refractivity contribution in [1.29, 1.82) is 0 Å². The first-order valence-corrected chi connectivity index (χ1v) is 15.1. The maximum absolute atomic E-state index is 14.3. The second-order valence-electron chi connectivity index (χ2n) is 11.7. The van der Waals surface area contributed by atoms with Crippen LogP contribution in [0.15, 0.2) is 95.8 Å². The molecule has 0 radical (unpaired) electrons. The molecule has 4 aromatic carbocycles. The van der Waals surface area contributed by atoms with Crippen LogP contribution in [0.25, 0.3) is 44.5 Å². The molecule has 1 aliphatic carbocycles. The molecule has 1 aliphatic heterocycles. The minimum absolute atomic E-state index is 0.0346. The van der Waals surface area contributed by atoms with E-state index in [1.807, 2.05) is 47.0 Å². The summed E-state index contributed by atoms with van der Waals surface area (Å²) in [4.78, 5) is 22.1. The second-order valence-corrected chi connectivity index (χ2v) is 12.2. The van der Waals surface area contributed by atoms with E-state index in [1.165, 1.54) is 42.5 Å². The van der Waals surface area contributed by atoms with Gasteiger partial charge in [0, 0.05) is 29.7 Å². The standard InChI is InChI=1S/C36H34ClN3O/c1-24-5-2-3-7-32(24)27-8-10-28(11-9-27)35-38-34-19-14-29(26-12-15-30(37)16-13-26)21-33(34)36(41)40(35)23-25-6-4-20-39(22-25)31-17-18-31/h2-3,5,7-16,19,21,25,31H,4,6,17-18,20,22-23H2,1H3/t25-/m0/s1. The van der Waals surface area contributed by atoms with Crippen LogP contribution in [0.3, 0.4) is 0 Å². The van der Waals surface area contributed by atoms with E-state index >= 15 is 0 Å². The van der Waals surface area contributed by atoms with Gasteiger partial charge < -0.3 is 4.90 Å². The van der Waals surface area contributed by atoms with Gasteiger partial charge in [-0.05, 0) is 97.2 Å². The highest BCUT2D eigenvalue weighted by molar-refractivity contribution is 6.30. The van der Waals surface area contributed by atoms with Crippen molar-refractivity contribution in [3.8, 4) is 33.6 Å².